The number of carbonyl (C=O) groups excluding carboxylic acids is 1. The van der Waals surface area contributed by atoms with Gasteiger partial charge in [0.05, 0.1) is 12.2 Å². The minimum atomic E-state index is -0.189. The van der Waals surface area contributed by atoms with E-state index in [1.54, 1.807) is 18.3 Å². The van der Waals surface area contributed by atoms with Gasteiger partial charge >= 0.3 is 0 Å². The number of hydrogen-bond acceptors (Lipinski definition) is 3. The largest absolute Gasteiger partial charge is 0.493 e. The van der Waals surface area contributed by atoms with E-state index in [0.717, 1.165) is 17.2 Å². The second-order valence-electron chi connectivity index (χ2n) is 5.27. The number of nitrogens with one attached hydrogen (secondary N) is 1. The molecule has 0 bridgehead atoms. The molecule has 0 saturated carbocycles. The number of anilines is 1. The maximum absolute atomic E-state index is 12.5. The van der Waals surface area contributed by atoms with E-state index in [1.807, 2.05) is 61.0 Å². The third kappa shape index (κ3) is 3.30. The van der Waals surface area contributed by atoms with E-state index in [2.05, 4.69) is 10.3 Å². The molecule has 0 aliphatic heterocycles. The summed E-state index contributed by atoms with van der Waals surface area (Å²) in [6.45, 7) is 4.36. The van der Waals surface area contributed by atoms with Crippen molar-refractivity contribution in [3.8, 4) is 11.4 Å². The molecule has 1 heterocycles. The van der Waals surface area contributed by atoms with Gasteiger partial charge in [-0.05, 0) is 50.2 Å². The molecule has 1 N–H and O–H groups in total. The van der Waals surface area contributed by atoms with Crippen molar-refractivity contribution in [2.75, 3.05) is 11.9 Å². The van der Waals surface area contributed by atoms with Crippen LogP contribution in [0, 0.1) is 6.92 Å². The molecule has 2 aromatic carbocycles. The molecule has 0 aliphatic rings. The van der Waals surface area contributed by atoms with E-state index in [0.29, 0.717) is 17.9 Å². The number of amides is 1. The van der Waals surface area contributed by atoms with Crippen molar-refractivity contribution < 1.29 is 9.53 Å². The van der Waals surface area contributed by atoms with Crippen LogP contribution in [-0.4, -0.2) is 22.1 Å². The van der Waals surface area contributed by atoms with Crippen molar-refractivity contribution >= 4 is 11.6 Å². The SMILES string of the molecule is CCOc1ccccc1C(=O)Nc1ccc(-n2ccnc2C)cc1. The Morgan fingerprint density at radius 3 is 2.58 bits per heavy atom. The Labute approximate surface area is 140 Å². The van der Waals surface area contributed by atoms with Gasteiger partial charge in [0, 0.05) is 23.8 Å². The summed E-state index contributed by atoms with van der Waals surface area (Å²) in [7, 11) is 0. The van der Waals surface area contributed by atoms with Crippen LogP contribution >= 0.6 is 0 Å². The van der Waals surface area contributed by atoms with Crippen LogP contribution in [0.5, 0.6) is 5.75 Å². The van der Waals surface area contributed by atoms with Crippen LogP contribution in [0.1, 0.15) is 23.1 Å². The molecule has 5 nitrogen and oxygen atoms in total. The highest BCUT2D eigenvalue weighted by molar-refractivity contribution is 6.06. The lowest BCUT2D eigenvalue weighted by Crippen LogP contribution is -2.13. The normalized spacial score (nSPS) is 10.4. The molecule has 0 fully saturated rings. The van der Waals surface area contributed by atoms with Gasteiger partial charge in [-0.15, -0.1) is 0 Å². The van der Waals surface area contributed by atoms with E-state index in [4.69, 9.17) is 4.74 Å². The molecule has 122 valence electrons. The lowest BCUT2D eigenvalue weighted by molar-refractivity contribution is 0.102. The number of benzene rings is 2. The molecular weight excluding hydrogens is 302 g/mol. The van der Waals surface area contributed by atoms with Gasteiger partial charge in [-0.25, -0.2) is 4.98 Å². The number of aromatic nitrogens is 2. The smallest absolute Gasteiger partial charge is 0.259 e. The van der Waals surface area contributed by atoms with Crippen molar-refractivity contribution in [2.45, 2.75) is 13.8 Å². The molecule has 3 aromatic rings. The van der Waals surface area contributed by atoms with Gasteiger partial charge in [-0.1, -0.05) is 12.1 Å². The quantitative estimate of drug-likeness (QED) is 0.777. The summed E-state index contributed by atoms with van der Waals surface area (Å²) < 4.78 is 7.49. The van der Waals surface area contributed by atoms with Crippen LogP contribution in [0.2, 0.25) is 0 Å². The minimum Gasteiger partial charge on any atom is -0.493 e. The highest BCUT2D eigenvalue weighted by atomic mass is 16.5. The summed E-state index contributed by atoms with van der Waals surface area (Å²) in [5.74, 6) is 1.31. The standard InChI is InChI=1S/C19H19N3O2/c1-3-24-18-7-5-4-6-17(18)19(23)21-15-8-10-16(11-9-15)22-13-12-20-14(22)2/h4-13H,3H2,1-2H3,(H,21,23). The zero-order chi connectivity index (χ0) is 16.9. The molecule has 0 radical (unpaired) electrons. The van der Waals surface area contributed by atoms with E-state index in [1.165, 1.54) is 0 Å². The Balaban J connectivity index is 1.77. The maximum Gasteiger partial charge on any atom is 0.259 e. The summed E-state index contributed by atoms with van der Waals surface area (Å²) >= 11 is 0. The van der Waals surface area contributed by atoms with Gasteiger partial charge in [-0.3, -0.25) is 4.79 Å². The summed E-state index contributed by atoms with van der Waals surface area (Å²) in [6, 6.07) is 14.8. The zero-order valence-corrected chi connectivity index (χ0v) is 13.7. The number of rotatable bonds is 5. The predicted octanol–water partition coefficient (Wildman–Crippen LogP) is 3.83. The molecule has 0 aliphatic carbocycles. The molecule has 3 rings (SSSR count). The van der Waals surface area contributed by atoms with Crippen molar-refractivity contribution in [3.05, 3.63) is 72.3 Å². The number of para-hydroxylation sites is 1. The zero-order valence-electron chi connectivity index (χ0n) is 13.7. The van der Waals surface area contributed by atoms with Gasteiger partial charge in [0.1, 0.15) is 11.6 Å². The number of ether oxygens (including phenoxy) is 1. The van der Waals surface area contributed by atoms with E-state index in [9.17, 15) is 4.79 Å². The van der Waals surface area contributed by atoms with Gasteiger partial charge in [-0.2, -0.15) is 0 Å². The molecule has 24 heavy (non-hydrogen) atoms. The molecule has 1 amide bonds. The van der Waals surface area contributed by atoms with Crippen LogP contribution in [0.3, 0.4) is 0 Å². The van der Waals surface area contributed by atoms with Crippen molar-refractivity contribution in [1.82, 2.24) is 9.55 Å². The van der Waals surface area contributed by atoms with Crippen LogP contribution in [-0.2, 0) is 0 Å². The first-order valence-electron chi connectivity index (χ1n) is 7.82. The third-order valence-electron chi connectivity index (χ3n) is 3.66. The van der Waals surface area contributed by atoms with Gasteiger partial charge in [0.15, 0.2) is 0 Å². The molecule has 5 heteroatoms. The number of hydrogen-bond donors (Lipinski definition) is 1. The van der Waals surface area contributed by atoms with Crippen LogP contribution < -0.4 is 10.1 Å². The number of carbonyl (C=O) groups is 1. The van der Waals surface area contributed by atoms with Gasteiger partial charge in [0.25, 0.3) is 5.91 Å². The summed E-state index contributed by atoms with van der Waals surface area (Å²) in [6.07, 6.45) is 3.66. The van der Waals surface area contributed by atoms with Gasteiger partial charge < -0.3 is 14.6 Å². The average molecular weight is 321 g/mol. The Bertz CT molecular complexity index is 838. The molecule has 0 atom stereocenters. The van der Waals surface area contributed by atoms with Crippen LogP contribution in [0.4, 0.5) is 5.69 Å². The van der Waals surface area contributed by atoms with Crippen molar-refractivity contribution in [1.29, 1.82) is 0 Å². The Morgan fingerprint density at radius 1 is 1.17 bits per heavy atom. The molecule has 1 aromatic heterocycles. The van der Waals surface area contributed by atoms with Crippen LogP contribution in [0.25, 0.3) is 5.69 Å². The fourth-order valence-electron chi connectivity index (χ4n) is 2.49. The highest BCUT2D eigenvalue weighted by Gasteiger charge is 2.12. The Kier molecular flexibility index (Phi) is 4.61. The average Bonchev–Trinajstić information content (AvgIpc) is 3.02. The fourth-order valence-corrected chi connectivity index (χ4v) is 2.49. The number of nitrogens with zero attached hydrogens (tertiary/aromatic N) is 2. The van der Waals surface area contributed by atoms with Gasteiger partial charge in [0.2, 0.25) is 0 Å². The molecule has 0 saturated heterocycles. The minimum absolute atomic E-state index is 0.189. The fraction of sp³-hybridized carbons (Fsp3) is 0.158. The highest BCUT2D eigenvalue weighted by Crippen LogP contribution is 2.20. The second-order valence-corrected chi connectivity index (χ2v) is 5.27. The Morgan fingerprint density at radius 2 is 1.92 bits per heavy atom. The summed E-state index contributed by atoms with van der Waals surface area (Å²) in [5, 5.41) is 2.90. The molecule has 0 spiro atoms. The summed E-state index contributed by atoms with van der Waals surface area (Å²) in [5.41, 5.74) is 2.25. The first-order valence-corrected chi connectivity index (χ1v) is 7.82. The monoisotopic (exact) mass is 321 g/mol. The number of aryl methyl sites for hydroxylation is 1. The van der Waals surface area contributed by atoms with Crippen molar-refractivity contribution in [2.24, 2.45) is 0 Å². The first kappa shape index (κ1) is 15.8. The lowest BCUT2D eigenvalue weighted by atomic mass is 10.2. The Hall–Kier alpha value is -3.08. The molecule has 0 unspecified atom stereocenters. The van der Waals surface area contributed by atoms with E-state index < -0.39 is 0 Å². The predicted molar refractivity (Wildman–Crippen MR) is 93.9 cm³/mol. The van der Waals surface area contributed by atoms with E-state index >= 15 is 0 Å². The topological polar surface area (TPSA) is 56.1 Å². The first-order chi connectivity index (χ1) is 11.7. The second kappa shape index (κ2) is 7.00. The third-order valence-corrected chi connectivity index (χ3v) is 3.66. The van der Waals surface area contributed by atoms with Crippen LogP contribution in [0.15, 0.2) is 60.9 Å². The lowest BCUT2D eigenvalue weighted by Gasteiger charge is -2.11. The molecular formula is C19H19N3O2. The summed E-state index contributed by atoms with van der Waals surface area (Å²) in [4.78, 5) is 16.7. The maximum atomic E-state index is 12.5. The van der Waals surface area contributed by atoms with E-state index in [-0.39, 0.29) is 5.91 Å². The van der Waals surface area contributed by atoms with Crippen molar-refractivity contribution in [3.63, 3.8) is 0 Å². The number of imidazole rings is 1.